The summed E-state index contributed by atoms with van der Waals surface area (Å²) in [5.74, 6) is -1.95. The lowest BCUT2D eigenvalue weighted by molar-refractivity contribution is -0.147. The molecule has 0 radical (unpaired) electrons. The van der Waals surface area contributed by atoms with E-state index in [2.05, 4.69) is 22.3 Å². The predicted molar refractivity (Wildman–Crippen MR) is 71.2 cm³/mol. The van der Waals surface area contributed by atoms with Crippen molar-refractivity contribution in [1.29, 1.82) is 0 Å². The molecule has 0 aromatic carbocycles. The zero-order valence-corrected chi connectivity index (χ0v) is 11.9. The maximum Gasteiger partial charge on any atom is 0.326 e. The third-order valence-corrected chi connectivity index (χ3v) is 3.69. The zero-order chi connectivity index (χ0) is 15.2. The fourth-order valence-electron chi connectivity index (χ4n) is 2.36. The molecule has 0 aliphatic heterocycles. The average Bonchev–Trinajstić information content (AvgIpc) is 2.83. The molecule has 2 amide bonds. The van der Waals surface area contributed by atoms with E-state index in [0.717, 1.165) is 25.7 Å². The molecule has 0 heterocycles. The smallest absolute Gasteiger partial charge is 0.326 e. The summed E-state index contributed by atoms with van der Waals surface area (Å²) in [7, 11) is 1.17. The molecule has 0 spiro atoms. The second-order valence-electron chi connectivity index (χ2n) is 5.52. The SMILES string of the molecule is COC(=O)C[C@H](NC(=O)NCC1(C)CCCC1)C(=O)O. The van der Waals surface area contributed by atoms with E-state index in [-0.39, 0.29) is 5.41 Å². The number of esters is 1. The van der Waals surface area contributed by atoms with E-state index in [1.54, 1.807) is 0 Å². The number of methoxy groups -OCH3 is 1. The Labute approximate surface area is 118 Å². The second kappa shape index (κ2) is 7.12. The second-order valence-corrected chi connectivity index (χ2v) is 5.52. The first-order valence-electron chi connectivity index (χ1n) is 6.70. The van der Waals surface area contributed by atoms with Gasteiger partial charge in [-0.3, -0.25) is 4.79 Å². The van der Waals surface area contributed by atoms with Crippen molar-refractivity contribution in [1.82, 2.24) is 10.6 Å². The summed E-state index contributed by atoms with van der Waals surface area (Å²) in [5.41, 5.74) is 0.0818. The van der Waals surface area contributed by atoms with E-state index in [9.17, 15) is 14.4 Å². The summed E-state index contributed by atoms with van der Waals surface area (Å²) >= 11 is 0. The summed E-state index contributed by atoms with van der Waals surface area (Å²) in [4.78, 5) is 33.7. The van der Waals surface area contributed by atoms with Gasteiger partial charge in [-0.1, -0.05) is 19.8 Å². The van der Waals surface area contributed by atoms with Gasteiger partial charge in [0.25, 0.3) is 0 Å². The van der Waals surface area contributed by atoms with Gasteiger partial charge in [0.05, 0.1) is 13.5 Å². The van der Waals surface area contributed by atoms with E-state index in [4.69, 9.17) is 5.11 Å². The van der Waals surface area contributed by atoms with Gasteiger partial charge in [0.1, 0.15) is 6.04 Å². The third-order valence-electron chi connectivity index (χ3n) is 3.69. The Morgan fingerprint density at radius 2 is 1.90 bits per heavy atom. The van der Waals surface area contributed by atoms with Gasteiger partial charge in [0.2, 0.25) is 0 Å². The van der Waals surface area contributed by atoms with Crippen LogP contribution in [0.2, 0.25) is 0 Å². The van der Waals surface area contributed by atoms with Gasteiger partial charge in [-0.2, -0.15) is 0 Å². The monoisotopic (exact) mass is 286 g/mol. The Kier molecular flexibility index (Phi) is 5.79. The van der Waals surface area contributed by atoms with Gasteiger partial charge >= 0.3 is 18.0 Å². The topological polar surface area (TPSA) is 105 Å². The zero-order valence-electron chi connectivity index (χ0n) is 11.9. The van der Waals surface area contributed by atoms with Crippen LogP contribution in [0.25, 0.3) is 0 Å². The first-order chi connectivity index (χ1) is 9.36. The molecular formula is C13H22N2O5. The Hall–Kier alpha value is -1.79. The maximum atomic E-state index is 11.7. The van der Waals surface area contributed by atoms with Crippen LogP contribution in [0.1, 0.15) is 39.0 Å². The molecule has 1 aliphatic carbocycles. The van der Waals surface area contributed by atoms with Gasteiger partial charge in [-0.15, -0.1) is 0 Å². The molecule has 1 fully saturated rings. The van der Waals surface area contributed by atoms with Crippen LogP contribution in [0.5, 0.6) is 0 Å². The summed E-state index contributed by atoms with van der Waals surface area (Å²) in [5, 5.41) is 13.9. The van der Waals surface area contributed by atoms with E-state index in [1.165, 1.54) is 7.11 Å². The summed E-state index contributed by atoms with van der Waals surface area (Å²) < 4.78 is 4.40. The fraction of sp³-hybridized carbons (Fsp3) is 0.769. The number of ether oxygens (including phenoxy) is 1. The first-order valence-corrected chi connectivity index (χ1v) is 6.70. The number of carbonyl (C=O) groups is 3. The van der Waals surface area contributed by atoms with Crippen LogP contribution in [0.3, 0.4) is 0 Å². The average molecular weight is 286 g/mol. The van der Waals surface area contributed by atoms with Crippen molar-refractivity contribution in [3.63, 3.8) is 0 Å². The predicted octanol–water partition coefficient (Wildman–Crippen LogP) is 0.882. The highest BCUT2D eigenvalue weighted by molar-refractivity contribution is 5.86. The Balaban J connectivity index is 2.41. The van der Waals surface area contributed by atoms with Crippen molar-refractivity contribution in [2.24, 2.45) is 5.41 Å². The van der Waals surface area contributed by atoms with Crippen molar-refractivity contribution in [2.75, 3.05) is 13.7 Å². The molecule has 114 valence electrons. The molecule has 20 heavy (non-hydrogen) atoms. The van der Waals surface area contributed by atoms with Crippen molar-refractivity contribution in [3.8, 4) is 0 Å². The molecule has 0 aromatic heterocycles. The lowest BCUT2D eigenvalue weighted by Gasteiger charge is -2.24. The van der Waals surface area contributed by atoms with E-state index in [1.807, 2.05) is 0 Å². The van der Waals surface area contributed by atoms with Crippen molar-refractivity contribution < 1.29 is 24.2 Å². The quantitative estimate of drug-likeness (QED) is 0.629. The lowest BCUT2D eigenvalue weighted by Crippen LogP contribution is -2.48. The molecule has 1 saturated carbocycles. The van der Waals surface area contributed by atoms with E-state index in [0.29, 0.717) is 6.54 Å². The van der Waals surface area contributed by atoms with Crippen LogP contribution >= 0.6 is 0 Å². The van der Waals surface area contributed by atoms with Gasteiger partial charge in [0, 0.05) is 6.54 Å². The number of aliphatic carboxylic acids is 1. The molecule has 0 aromatic rings. The normalized spacial score (nSPS) is 18.1. The Morgan fingerprint density at radius 3 is 2.40 bits per heavy atom. The molecule has 0 unspecified atom stereocenters. The van der Waals surface area contributed by atoms with Gasteiger partial charge in [-0.25, -0.2) is 9.59 Å². The summed E-state index contributed by atoms with van der Waals surface area (Å²) in [6.45, 7) is 2.60. The number of carboxylic acid groups (broad SMARTS) is 1. The van der Waals surface area contributed by atoms with Crippen LogP contribution in [-0.2, 0) is 14.3 Å². The minimum Gasteiger partial charge on any atom is -0.480 e. The van der Waals surface area contributed by atoms with Crippen LogP contribution in [0, 0.1) is 5.41 Å². The number of rotatable bonds is 6. The largest absolute Gasteiger partial charge is 0.480 e. The molecule has 1 rings (SSSR count). The summed E-state index contributed by atoms with van der Waals surface area (Å²) in [6.07, 6.45) is 4.02. The fourth-order valence-corrected chi connectivity index (χ4v) is 2.36. The van der Waals surface area contributed by atoms with Gasteiger partial charge in [0.15, 0.2) is 0 Å². The Bertz CT molecular complexity index is 377. The first kappa shape index (κ1) is 16.3. The lowest BCUT2D eigenvalue weighted by atomic mass is 9.89. The van der Waals surface area contributed by atoms with Gasteiger partial charge < -0.3 is 20.5 Å². The van der Waals surface area contributed by atoms with Crippen molar-refractivity contribution >= 4 is 18.0 Å². The van der Waals surface area contributed by atoms with Crippen molar-refractivity contribution in [3.05, 3.63) is 0 Å². The number of amides is 2. The number of hydrogen-bond acceptors (Lipinski definition) is 4. The van der Waals surface area contributed by atoms with E-state index >= 15 is 0 Å². The third kappa shape index (κ3) is 5.07. The highest BCUT2D eigenvalue weighted by atomic mass is 16.5. The number of nitrogens with one attached hydrogen (secondary N) is 2. The molecule has 1 aliphatic rings. The minimum absolute atomic E-state index is 0.0818. The van der Waals surface area contributed by atoms with Crippen LogP contribution in [-0.4, -0.2) is 42.8 Å². The minimum atomic E-state index is -1.28. The maximum absolute atomic E-state index is 11.7. The van der Waals surface area contributed by atoms with Crippen molar-refractivity contribution in [2.45, 2.75) is 45.1 Å². The molecular weight excluding hydrogens is 264 g/mol. The molecule has 0 bridgehead atoms. The molecule has 7 nitrogen and oxygen atoms in total. The van der Waals surface area contributed by atoms with Crippen LogP contribution in [0.4, 0.5) is 4.79 Å². The molecule has 1 atom stereocenters. The molecule has 0 saturated heterocycles. The molecule has 3 N–H and O–H groups in total. The number of carboxylic acids is 1. The highest BCUT2D eigenvalue weighted by Gasteiger charge is 2.30. The number of carbonyl (C=O) groups excluding carboxylic acids is 2. The summed E-state index contributed by atoms with van der Waals surface area (Å²) in [6, 6.07) is -1.85. The number of urea groups is 1. The van der Waals surface area contributed by atoms with Crippen LogP contribution < -0.4 is 10.6 Å². The van der Waals surface area contributed by atoms with Gasteiger partial charge in [-0.05, 0) is 18.3 Å². The standard InChI is InChI=1S/C13H22N2O5/c1-13(5-3-4-6-13)8-14-12(19)15-9(11(17)18)7-10(16)20-2/h9H,3-8H2,1-2H3,(H,17,18)(H2,14,15,19)/t9-/m0/s1. The van der Waals surface area contributed by atoms with E-state index < -0.39 is 30.4 Å². The van der Waals surface area contributed by atoms with Crippen LogP contribution in [0.15, 0.2) is 0 Å². The molecule has 7 heteroatoms. The highest BCUT2D eigenvalue weighted by Crippen LogP contribution is 2.36. The Morgan fingerprint density at radius 1 is 1.30 bits per heavy atom. The number of hydrogen-bond donors (Lipinski definition) is 3.